The van der Waals surface area contributed by atoms with Gasteiger partial charge in [0.2, 0.25) is 11.5 Å². The van der Waals surface area contributed by atoms with Crippen LogP contribution in [-0.2, 0) is 25.7 Å². The smallest absolute Gasteiger partial charge is 0.204 e. The van der Waals surface area contributed by atoms with Crippen molar-refractivity contribution in [2.75, 3.05) is 48.6 Å². The lowest BCUT2D eigenvalue weighted by Gasteiger charge is -2.36. The van der Waals surface area contributed by atoms with Crippen molar-refractivity contribution in [3.8, 4) is 46.0 Å². The van der Waals surface area contributed by atoms with Crippen molar-refractivity contribution in [3.05, 3.63) is 94.0 Å². The molecule has 6 aliphatic rings. The molecule has 4 bridgehead atoms. The average Bonchev–Trinajstić information content (AvgIpc) is 3.06. The van der Waals surface area contributed by atoms with E-state index in [-0.39, 0.29) is 12.1 Å². The van der Waals surface area contributed by atoms with Gasteiger partial charge < -0.3 is 33.7 Å². The monoisotopic (exact) mass is 608 g/mol. The number of rotatable bonds is 4. The third-order valence-corrected chi connectivity index (χ3v) is 9.39. The van der Waals surface area contributed by atoms with Crippen molar-refractivity contribution in [1.82, 2.24) is 10.2 Å². The molecular weight excluding hydrogens is 568 g/mol. The lowest BCUT2D eigenvalue weighted by atomic mass is 9.87. The lowest BCUT2D eigenvalue weighted by molar-refractivity contribution is 0.221. The minimum Gasteiger partial charge on any atom is -0.493 e. The van der Waals surface area contributed by atoms with Crippen molar-refractivity contribution in [3.63, 3.8) is 0 Å². The van der Waals surface area contributed by atoms with E-state index in [1.807, 2.05) is 24.3 Å². The zero-order chi connectivity index (χ0) is 31.1. The van der Waals surface area contributed by atoms with Crippen LogP contribution in [0.15, 0.2) is 60.7 Å². The van der Waals surface area contributed by atoms with E-state index in [4.69, 9.17) is 28.4 Å². The zero-order valence-corrected chi connectivity index (χ0v) is 26.6. The second-order valence-electron chi connectivity index (χ2n) is 11.9. The molecule has 10 rings (SSSR count). The summed E-state index contributed by atoms with van der Waals surface area (Å²) in [7, 11) is 8.87. The molecule has 0 aliphatic carbocycles. The third-order valence-electron chi connectivity index (χ3n) is 9.39. The fourth-order valence-corrected chi connectivity index (χ4v) is 7.09. The summed E-state index contributed by atoms with van der Waals surface area (Å²) in [4.78, 5) is 2.40. The Labute approximate surface area is 264 Å². The van der Waals surface area contributed by atoms with Gasteiger partial charge in [-0.15, -0.1) is 0 Å². The Morgan fingerprint density at radius 3 is 1.76 bits per heavy atom. The maximum Gasteiger partial charge on any atom is 0.204 e. The van der Waals surface area contributed by atoms with Crippen LogP contribution in [0.1, 0.15) is 45.5 Å². The molecule has 234 valence electrons. The highest BCUT2D eigenvalue weighted by atomic mass is 16.5. The predicted octanol–water partition coefficient (Wildman–Crippen LogP) is 6.82. The molecule has 8 nitrogen and oxygen atoms in total. The molecule has 1 N–H and O–H groups in total. The fourth-order valence-electron chi connectivity index (χ4n) is 7.09. The van der Waals surface area contributed by atoms with E-state index in [0.717, 1.165) is 61.4 Å². The fraction of sp³-hybridized carbons (Fsp3) is 0.351. The molecule has 4 aromatic rings. The van der Waals surface area contributed by atoms with Gasteiger partial charge in [-0.2, -0.15) is 0 Å². The van der Waals surface area contributed by atoms with Crippen molar-refractivity contribution >= 4 is 0 Å². The number of hydrogen-bond acceptors (Lipinski definition) is 8. The molecule has 45 heavy (non-hydrogen) atoms. The standard InChI is InChI=1S/C37H40N2O6/c1-39-17-15-25-21-31(41-3)35(43-5)37-33(25)29(39)19-23-8-12-26(13-9-23)44-36-32-24(20-30(40-2)34(36)42-4)14-16-38-28(32)18-22-6-10-27(45-37)11-7-22/h6-13,20-21,28-29,38H,14-19H2,1-5H3. The Hall–Kier alpha value is -4.40. The minimum absolute atomic E-state index is 0.0234. The van der Waals surface area contributed by atoms with Gasteiger partial charge in [-0.25, -0.2) is 0 Å². The van der Waals surface area contributed by atoms with Gasteiger partial charge in [0.25, 0.3) is 0 Å². The molecule has 2 unspecified atom stereocenters. The molecule has 0 amide bonds. The van der Waals surface area contributed by atoms with Crippen LogP contribution in [-0.4, -0.2) is 53.5 Å². The first-order chi connectivity index (χ1) is 22.0. The van der Waals surface area contributed by atoms with E-state index in [1.165, 1.54) is 22.3 Å². The van der Waals surface area contributed by atoms with Crippen LogP contribution in [0.2, 0.25) is 0 Å². The van der Waals surface area contributed by atoms with E-state index in [0.29, 0.717) is 34.5 Å². The number of hydrogen-bond donors (Lipinski definition) is 1. The Bertz CT molecular complexity index is 1700. The van der Waals surface area contributed by atoms with Gasteiger partial charge in [0.05, 0.1) is 28.4 Å². The van der Waals surface area contributed by atoms with Crippen LogP contribution in [0.25, 0.3) is 0 Å². The summed E-state index contributed by atoms with van der Waals surface area (Å²) in [6.07, 6.45) is 3.32. The SMILES string of the molecule is COc1cc2c3c(c1OC)Oc1ccc(cc1)CC1c4c(cc(OC)c(OC)c4Oc4ccc(cc4)CC3NCC2)CCN1C. The Morgan fingerprint density at radius 1 is 0.667 bits per heavy atom. The summed E-state index contributed by atoms with van der Waals surface area (Å²) in [5.74, 6) is 5.47. The molecule has 2 atom stereocenters. The Morgan fingerprint density at radius 2 is 1.20 bits per heavy atom. The molecule has 0 spiro atoms. The number of benzene rings is 4. The Kier molecular flexibility index (Phi) is 7.94. The second kappa shape index (κ2) is 12.2. The van der Waals surface area contributed by atoms with Crippen LogP contribution in [0, 0.1) is 0 Å². The first-order valence-electron chi connectivity index (χ1n) is 15.5. The summed E-state index contributed by atoms with van der Waals surface area (Å²) >= 11 is 0. The van der Waals surface area contributed by atoms with Crippen molar-refractivity contribution in [2.24, 2.45) is 0 Å². The second-order valence-corrected chi connectivity index (χ2v) is 11.9. The third kappa shape index (κ3) is 5.32. The summed E-state index contributed by atoms with van der Waals surface area (Å²) in [5, 5.41) is 3.73. The van der Waals surface area contributed by atoms with Gasteiger partial charge >= 0.3 is 0 Å². The number of nitrogens with one attached hydrogen (secondary N) is 1. The molecule has 0 aromatic heterocycles. The maximum absolute atomic E-state index is 6.75. The summed E-state index contributed by atoms with van der Waals surface area (Å²) in [5.41, 5.74) is 7.02. The van der Waals surface area contributed by atoms with Crippen LogP contribution in [0.3, 0.4) is 0 Å². The lowest BCUT2D eigenvalue weighted by Crippen LogP contribution is -2.34. The Balaban J connectivity index is 1.40. The van der Waals surface area contributed by atoms with Crippen molar-refractivity contribution in [1.29, 1.82) is 0 Å². The van der Waals surface area contributed by atoms with Crippen LogP contribution >= 0.6 is 0 Å². The minimum atomic E-state index is 0.0234. The molecular formula is C37H40N2O6. The summed E-state index contributed by atoms with van der Waals surface area (Å²) in [6, 6.07) is 21.0. The molecule has 8 heteroatoms. The molecule has 0 saturated heterocycles. The number of nitrogens with zero attached hydrogens (tertiary/aromatic N) is 1. The molecule has 0 radical (unpaired) electrons. The van der Waals surface area contributed by atoms with E-state index in [2.05, 4.69) is 53.7 Å². The number of likely N-dealkylation sites (N-methyl/N-ethyl adjacent to an activating group) is 1. The first kappa shape index (κ1) is 29.3. The van der Waals surface area contributed by atoms with Crippen molar-refractivity contribution in [2.45, 2.75) is 37.8 Å². The largest absolute Gasteiger partial charge is 0.493 e. The first-order valence-corrected chi connectivity index (χ1v) is 15.5. The molecule has 0 saturated carbocycles. The zero-order valence-electron chi connectivity index (χ0n) is 26.6. The number of methoxy groups -OCH3 is 4. The molecule has 0 fully saturated rings. The van der Waals surface area contributed by atoms with Gasteiger partial charge in [-0.05, 0) is 97.9 Å². The van der Waals surface area contributed by atoms with E-state index in [9.17, 15) is 0 Å². The van der Waals surface area contributed by atoms with E-state index in [1.54, 1.807) is 28.4 Å². The van der Waals surface area contributed by atoms with Crippen LogP contribution in [0.5, 0.6) is 46.0 Å². The maximum atomic E-state index is 6.75. The highest BCUT2D eigenvalue weighted by Crippen LogP contribution is 2.51. The molecule has 4 aromatic carbocycles. The number of ether oxygens (including phenoxy) is 6. The predicted molar refractivity (Wildman–Crippen MR) is 173 cm³/mol. The van der Waals surface area contributed by atoms with E-state index < -0.39 is 0 Å². The van der Waals surface area contributed by atoms with Gasteiger partial charge in [-0.3, -0.25) is 4.90 Å². The summed E-state index contributed by atoms with van der Waals surface area (Å²) < 4.78 is 36.9. The van der Waals surface area contributed by atoms with Crippen LogP contribution in [0.4, 0.5) is 0 Å². The molecule has 6 heterocycles. The normalized spacial score (nSPS) is 18.9. The van der Waals surface area contributed by atoms with Gasteiger partial charge in [0.15, 0.2) is 23.0 Å². The van der Waals surface area contributed by atoms with E-state index >= 15 is 0 Å². The van der Waals surface area contributed by atoms with Gasteiger partial charge in [0.1, 0.15) is 11.5 Å². The van der Waals surface area contributed by atoms with Gasteiger partial charge in [0, 0.05) is 29.8 Å². The average molecular weight is 609 g/mol. The highest BCUT2D eigenvalue weighted by molar-refractivity contribution is 5.64. The van der Waals surface area contributed by atoms with Crippen LogP contribution < -0.4 is 33.7 Å². The molecule has 6 aliphatic heterocycles. The van der Waals surface area contributed by atoms with Crippen molar-refractivity contribution < 1.29 is 28.4 Å². The highest BCUT2D eigenvalue weighted by Gasteiger charge is 2.34. The van der Waals surface area contributed by atoms with Gasteiger partial charge in [-0.1, -0.05) is 24.3 Å². The summed E-state index contributed by atoms with van der Waals surface area (Å²) in [6.45, 7) is 1.79. The quantitative estimate of drug-likeness (QED) is 0.271. The topological polar surface area (TPSA) is 70.7 Å².